The van der Waals surface area contributed by atoms with Crippen molar-refractivity contribution in [3.8, 4) is 0 Å². The van der Waals surface area contributed by atoms with E-state index in [4.69, 9.17) is 9.84 Å². The van der Waals surface area contributed by atoms with Crippen molar-refractivity contribution in [3.05, 3.63) is 0 Å². The number of carboxylic acid groups (broad SMARTS) is 1. The van der Waals surface area contributed by atoms with Crippen molar-refractivity contribution in [3.63, 3.8) is 0 Å². The highest BCUT2D eigenvalue weighted by Gasteiger charge is 2.26. The second-order valence-corrected chi connectivity index (χ2v) is 5.99. The van der Waals surface area contributed by atoms with Gasteiger partial charge in [0.25, 0.3) is 0 Å². The molecule has 0 rings (SSSR count). The number of carbonyl (C=O) groups is 2. The summed E-state index contributed by atoms with van der Waals surface area (Å²) in [6, 6.07) is -0.905. The Morgan fingerprint density at radius 3 is 2.06 bits per heavy atom. The molecule has 0 saturated carbocycles. The average Bonchev–Trinajstić information content (AvgIpc) is 2.12. The van der Waals surface area contributed by atoms with E-state index in [1.54, 1.807) is 20.8 Å². The monoisotopic (exact) mass is 259 g/mol. The molecule has 0 aromatic carbocycles. The number of hydrogen-bond acceptors (Lipinski definition) is 3. The maximum absolute atomic E-state index is 11.5. The summed E-state index contributed by atoms with van der Waals surface area (Å²) in [5.41, 5.74) is -0.628. The van der Waals surface area contributed by atoms with Crippen LogP contribution in [-0.2, 0) is 9.53 Å². The van der Waals surface area contributed by atoms with Gasteiger partial charge in [-0.05, 0) is 39.0 Å². The van der Waals surface area contributed by atoms with Gasteiger partial charge < -0.3 is 15.2 Å². The van der Waals surface area contributed by atoms with Gasteiger partial charge in [0.05, 0.1) is 0 Å². The minimum Gasteiger partial charge on any atom is -0.480 e. The lowest BCUT2D eigenvalue weighted by Crippen LogP contribution is -2.44. The largest absolute Gasteiger partial charge is 0.480 e. The van der Waals surface area contributed by atoms with Gasteiger partial charge in [0.15, 0.2) is 0 Å². The van der Waals surface area contributed by atoms with Crippen LogP contribution in [0, 0.1) is 11.8 Å². The molecule has 18 heavy (non-hydrogen) atoms. The van der Waals surface area contributed by atoms with Crippen molar-refractivity contribution < 1.29 is 19.4 Å². The van der Waals surface area contributed by atoms with Gasteiger partial charge in [-0.2, -0.15) is 0 Å². The number of carboxylic acids is 1. The van der Waals surface area contributed by atoms with Gasteiger partial charge in [0.1, 0.15) is 11.6 Å². The molecule has 0 radical (unpaired) electrons. The molecule has 0 bridgehead atoms. The van der Waals surface area contributed by atoms with E-state index in [0.717, 1.165) is 0 Å². The highest BCUT2D eigenvalue weighted by molar-refractivity contribution is 5.79. The fourth-order valence-electron chi connectivity index (χ4n) is 1.32. The Morgan fingerprint density at radius 2 is 1.72 bits per heavy atom. The van der Waals surface area contributed by atoms with E-state index in [-0.39, 0.29) is 5.92 Å². The summed E-state index contributed by atoms with van der Waals surface area (Å²) < 4.78 is 5.05. The number of amides is 1. The highest BCUT2D eigenvalue weighted by atomic mass is 16.6. The molecule has 0 heterocycles. The molecule has 1 unspecified atom stereocenters. The molecule has 0 aliphatic heterocycles. The quantitative estimate of drug-likeness (QED) is 0.795. The molecule has 0 aliphatic rings. The Hall–Kier alpha value is -1.26. The van der Waals surface area contributed by atoms with E-state index in [2.05, 4.69) is 5.32 Å². The molecular weight excluding hydrogens is 234 g/mol. The van der Waals surface area contributed by atoms with Crippen LogP contribution in [0.25, 0.3) is 0 Å². The molecule has 5 heteroatoms. The van der Waals surface area contributed by atoms with E-state index in [1.165, 1.54) is 0 Å². The Balaban J connectivity index is 4.46. The predicted molar refractivity (Wildman–Crippen MR) is 69.4 cm³/mol. The van der Waals surface area contributed by atoms with E-state index in [0.29, 0.717) is 12.3 Å². The van der Waals surface area contributed by atoms with E-state index in [1.807, 2.05) is 20.8 Å². The number of carbonyl (C=O) groups excluding carboxylic acids is 1. The van der Waals surface area contributed by atoms with Gasteiger partial charge in [-0.25, -0.2) is 9.59 Å². The molecule has 1 amide bonds. The lowest BCUT2D eigenvalue weighted by molar-refractivity contribution is -0.140. The smallest absolute Gasteiger partial charge is 0.408 e. The van der Waals surface area contributed by atoms with Crippen LogP contribution >= 0.6 is 0 Å². The lowest BCUT2D eigenvalue weighted by atomic mass is 9.91. The van der Waals surface area contributed by atoms with Crippen molar-refractivity contribution in [2.75, 3.05) is 0 Å². The van der Waals surface area contributed by atoms with Gasteiger partial charge >= 0.3 is 12.1 Å². The third-order valence-corrected chi connectivity index (χ3v) is 2.73. The zero-order chi connectivity index (χ0) is 14.5. The number of hydrogen-bond donors (Lipinski definition) is 2. The first-order chi connectivity index (χ1) is 8.03. The van der Waals surface area contributed by atoms with Crippen LogP contribution < -0.4 is 5.32 Å². The van der Waals surface area contributed by atoms with Crippen LogP contribution in [0.2, 0.25) is 0 Å². The van der Waals surface area contributed by atoms with Crippen LogP contribution in [0.15, 0.2) is 0 Å². The normalized spacial score (nSPS) is 15.1. The van der Waals surface area contributed by atoms with Crippen molar-refractivity contribution in [1.29, 1.82) is 0 Å². The Morgan fingerprint density at radius 1 is 1.22 bits per heavy atom. The first kappa shape index (κ1) is 16.7. The SMILES string of the molecule is CC(C)C(C)C[C@H](NC(=O)OC(C)(C)C)C(=O)O. The number of rotatable bonds is 5. The molecule has 2 atom stereocenters. The molecule has 0 fully saturated rings. The van der Waals surface area contributed by atoms with Gasteiger partial charge in [0, 0.05) is 0 Å². The van der Waals surface area contributed by atoms with Crippen LogP contribution in [0.4, 0.5) is 4.79 Å². The number of ether oxygens (including phenoxy) is 1. The molecule has 0 saturated heterocycles. The third kappa shape index (κ3) is 7.14. The Kier molecular flexibility index (Phi) is 6.15. The van der Waals surface area contributed by atoms with Crippen molar-refractivity contribution >= 4 is 12.1 Å². The average molecular weight is 259 g/mol. The van der Waals surface area contributed by atoms with Gasteiger partial charge in [-0.15, -0.1) is 0 Å². The van der Waals surface area contributed by atoms with Crippen LogP contribution in [0.3, 0.4) is 0 Å². The molecule has 2 N–H and O–H groups in total. The third-order valence-electron chi connectivity index (χ3n) is 2.73. The van der Waals surface area contributed by atoms with Gasteiger partial charge in [0.2, 0.25) is 0 Å². The fourth-order valence-corrected chi connectivity index (χ4v) is 1.32. The maximum Gasteiger partial charge on any atom is 0.408 e. The summed E-state index contributed by atoms with van der Waals surface area (Å²) >= 11 is 0. The number of nitrogens with one attached hydrogen (secondary N) is 1. The molecule has 0 aliphatic carbocycles. The lowest BCUT2D eigenvalue weighted by Gasteiger charge is -2.24. The summed E-state index contributed by atoms with van der Waals surface area (Å²) in [4.78, 5) is 22.6. The fraction of sp³-hybridized carbons (Fsp3) is 0.846. The Bertz CT molecular complexity index is 294. The van der Waals surface area contributed by atoms with Crippen LogP contribution in [0.1, 0.15) is 48.0 Å². The minimum absolute atomic E-state index is 0.209. The van der Waals surface area contributed by atoms with Crippen molar-refractivity contribution in [2.45, 2.75) is 59.6 Å². The summed E-state index contributed by atoms with van der Waals surface area (Å²) in [5, 5.41) is 11.5. The summed E-state index contributed by atoms with van der Waals surface area (Å²) in [7, 11) is 0. The maximum atomic E-state index is 11.5. The molecule has 0 spiro atoms. The molecule has 5 nitrogen and oxygen atoms in total. The van der Waals surface area contributed by atoms with Gasteiger partial charge in [-0.1, -0.05) is 20.8 Å². The molecule has 106 valence electrons. The van der Waals surface area contributed by atoms with E-state index >= 15 is 0 Å². The second-order valence-electron chi connectivity index (χ2n) is 5.99. The van der Waals surface area contributed by atoms with Crippen molar-refractivity contribution in [2.24, 2.45) is 11.8 Å². The minimum atomic E-state index is -1.03. The zero-order valence-corrected chi connectivity index (χ0v) is 12.1. The summed E-state index contributed by atoms with van der Waals surface area (Å²) in [6.07, 6.45) is -0.294. The Labute approximate surface area is 109 Å². The molecular formula is C13H25NO4. The predicted octanol–water partition coefficient (Wildman–Crippen LogP) is 2.65. The first-order valence-corrected chi connectivity index (χ1v) is 6.25. The van der Waals surface area contributed by atoms with Crippen molar-refractivity contribution in [1.82, 2.24) is 5.32 Å². The molecule has 0 aromatic rings. The van der Waals surface area contributed by atoms with Gasteiger partial charge in [-0.3, -0.25) is 0 Å². The summed E-state index contributed by atoms with van der Waals surface area (Å²) in [5.74, 6) is -0.457. The van der Waals surface area contributed by atoms with E-state index < -0.39 is 23.7 Å². The second kappa shape index (κ2) is 6.61. The zero-order valence-electron chi connectivity index (χ0n) is 12.1. The number of alkyl carbamates (subject to hydrolysis) is 1. The highest BCUT2D eigenvalue weighted by Crippen LogP contribution is 2.16. The first-order valence-electron chi connectivity index (χ1n) is 6.25. The van der Waals surface area contributed by atoms with Crippen LogP contribution in [-0.4, -0.2) is 28.8 Å². The standard InChI is InChI=1S/C13H25NO4/c1-8(2)9(3)7-10(11(15)16)14-12(17)18-13(4,5)6/h8-10H,7H2,1-6H3,(H,14,17)(H,15,16)/t9?,10-/m0/s1. The molecule has 0 aromatic heterocycles. The number of aliphatic carboxylic acids is 1. The van der Waals surface area contributed by atoms with E-state index in [9.17, 15) is 9.59 Å². The van der Waals surface area contributed by atoms with Crippen LogP contribution in [0.5, 0.6) is 0 Å². The topological polar surface area (TPSA) is 75.6 Å². The summed E-state index contributed by atoms with van der Waals surface area (Å²) in [6.45, 7) is 11.2.